The lowest BCUT2D eigenvalue weighted by Crippen LogP contribution is -2.38. The quantitative estimate of drug-likeness (QED) is 0.742. The van der Waals surface area contributed by atoms with Crippen LogP contribution in [-0.4, -0.2) is 23.5 Å². The molecule has 0 spiro atoms. The highest BCUT2D eigenvalue weighted by Gasteiger charge is 2.38. The van der Waals surface area contributed by atoms with E-state index in [1.807, 2.05) is 0 Å². The van der Waals surface area contributed by atoms with Gasteiger partial charge in [0.05, 0.1) is 12.0 Å². The van der Waals surface area contributed by atoms with Crippen molar-refractivity contribution in [3.05, 3.63) is 28.2 Å². The van der Waals surface area contributed by atoms with Crippen molar-refractivity contribution in [2.75, 3.05) is 11.9 Å². The second-order valence-electron chi connectivity index (χ2n) is 5.34. The molecule has 1 amide bonds. The number of carbonyl (C=O) groups is 2. The summed E-state index contributed by atoms with van der Waals surface area (Å²) in [5.74, 6) is -1.23. The van der Waals surface area contributed by atoms with E-state index in [9.17, 15) is 9.59 Å². The molecule has 1 aliphatic carbocycles. The van der Waals surface area contributed by atoms with Crippen LogP contribution in [0, 0.1) is 5.41 Å². The summed E-state index contributed by atoms with van der Waals surface area (Å²) < 4.78 is 0.635. The Labute approximate surface area is 125 Å². The molecule has 0 saturated heterocycles. The number of halogens is 1. The monoisotopic (exact) mass is 340 g/mol. The number of hydrogen-bond donors (Lipinski definition) is 3. The Balaban J connectivity index is 2.02. The molecule has 1 aromatic carbocycles. The van der Waals surface area contributed by atoms with Gasteiger partial charge < -0.3 is 16.2 Å². The van der Waals surface area contributed by atoms with Crippen LogP contribution in [0.3, 0.4) is 0 Å². The van der Waals surface area contributed by atoms with E-state index in [-0.39, 0.29) is 11.8 Å². The van der Waals surface area contributed by atoms with Crippen molar-refractivity contribution in [3.63, 3.8) is 0 Å². The molecule has 0 atom stereocenters. The van der Waals surface area contributed by atoms with Gasteiger partial charge in [0, 0.05) is 16.7 Å². The highest BCUT2D eigenvalue weighted by atomic mass is 79.9. The van der Waals surface area contributed by atoms with Crippen LogP contribution in [0.25, 0.3) is 0 Å². The van der Waals surface area contributed by atoms with E-state index in [0.717, 1.165) is 24.9 Å². The van der Waals surface area contributed by atoms with Gasteiger partial charge in [-0.3, -0.25) is 9.59 Å². The Kier molecular flexibility index (Phi) is 4.32. The minimum absolute atomic E-state index is 0.138. The first-order chi connectivity index (χ1) is 9.42. The largest absolute Gasteiger partial charge is 0.481 e. The molecule has 5 nitrogen and oxygen atoms in total. The Morgan fingerprint density at radius 1 is 1.40 bits per heavy atom. The molecule has 1 saturated carbocycles. The van der Waals surface area contributed by atoms with Crippen LogP contribution in [0.1, 0.15) is 36.0 Å². The van der Waals surface area contributed by atoms with E-state index >= 15 is 0 Å². The van der Waals surface area contributed by atoms with Crippen molar-refractivity contribution in [2.24, 2.45) is 11.1 Å². The normalized spacial score (nSPS) is 16.2. The van der Waals surface area contributed by atoms with Gasteiger partial charge in [-0.25, -0.2) is 0 Å². The maximum Gasteiger partial charge on any atom is 0.303 e. The first-order valence-corrected chi connectivity index (χ1v) is 7.26. The third kappa shape index (κ3) is 3.30. The summed E-state index contributed by atoms with van der Waals surface area (Å²) in [5.41, 5.74) is 6.38. The average Bonchev–Trinajstić information content (AvgIpc) is 2.31. The zero-order valence-corrected chi connectivity index (χ0v) is 12.6. The molecule has 0 bridgehead atoms. The van der Waals surface area contributed by atoms with Gasteiger partial charge in [-0.2, -0.15) is 0 Å². The van der Waals surface area contributed by atoms with Crippen LogP contribution < -0.4 is 11.1 Å². The number of rotatable bonds is 6. The summed E-state index contributed by atoms with van der Waals surface area (Å²) in [6.07, 6.45) is 3.15. The molecule has 4 N–H and O–H groups in total. The highest BCUT2D eigenvalue weighted by molar-refractivity contribution is 9.10. The predicted octanol–water partition coefficient (Wildman–Crippen LogP) is 2.60. The number of carboxylic acids is 1. The summed E-state index contributed by atoms with van der Waals surface area (Å²) in [5, 5.41) is 12.2. The molecule has 6 heteroatoms. The maximum atomic E-state index is 11.1. The zero-order chi connectivity index (χ0) is 14.8. The molecule has 0 unspecified atom stereocenters. The Bertz CT molecular complexity index is 541. The number of hydrogen-bond acceptors (Lipinski definition) is 3. The molecule has 0 heterocycles. The molecular formula is C14H17BrN2O3. The smallest absolute Gasteiger partial charge is 0.303 e. The van der Waals surface area contributed by atoms with E-state index in [1.165, 1.54) is 0 Å². The fraction of sp³-hybridized carbons (Fsp3) is 0.429. The number of benzene rings is 1. The molecule has 0 radical (unpaired) electrons. The third-order valence-corrected chi connectivity index (χ3v) is 4.50. The van der Waals surface area contributed by atoms with Crippen molar-refractivity contribution in [1.82, 2.24) is 0 Å². The molecule has 1 fully saturated rings. The van der Waals surface area contributed by atoms with Crippen LogP contribution in [-0.2, 0) is 4.79 Å². The topological polar surface area (TPSA) is 92.4 Å². The van der Waals surface area contributed by atoms with Crippen molar-refractivity contribution in [3.8, 4) is 0 Å². The van der Waals surface area contributed by atoms with E-state index in [1.54, 1.807) is 18.2 Å². The second-order valence-corrected chi connectivity index (χ2v) is 6.19. The Morgan fingerprint density at radius 2 is 2.10 bits per heavy atom. The number of nitrogens with one attached hydrogen (secondary N) is 1. The number of carboxylic acid groups (broad SMARTS) is 1. The fourth-order valence-electron chi connectivity index (χ4n) is 2.53. The number of amides is 1. The van der Waals surface area contributed by atoms with Crippen LogP contribution in [0.15, 0.2) is 22.7 Å². The first kappa shape index (κ1) is 14.8. The van der Waals surface area contributed by atoms with Crippen LogP contribution in [0.2, 0.25) is 0 Å². The standard InChI is InChI=1S/C14H17BrN2O3/c15-11-6-9(2-3-10(11)13(16)20)17-8-14(4-1-5-14)7-12(18)19/h2-3,6,17H,1,4-5,7-8H2,(H2,16,20)(H,18,19). The number of anilines is 1. The van der Waals surface area contributed by atoms with Crippen molar-refractivity contribution >= 4 is 33.5 Å². The second kappa shape index (κ2) is 5.83. The highest BCUT2D eigenvalue weighted by Crippen LogP contribution is 2.44. The van der Waals surface area contributed by atoms with Gasteiger partial charge in [-0.1, -0.05) is 6.42 Å². The van der Waals surface area contributed by atoms with Crippen molar-refractivity contribution < 1.29 is 14.7 Å². The third-order valence-electron chi connectivity index (χ3n) is 3.84. The van der Waals surface area contributed by atoms with Crippen LogP contribution in [0.5, 0.6) is 0 Å². The molecular weight excluding hydrogens is 324 g/mol. The van der Waals surface area contributed by atoms with Gasteiger partial charge in [0.25, 0.3) is 0 Å². The minimum atomic E-state index is -0.753. The summed E-state index contributed by atoms with van der Waals surface area (Å²) in [6.45, 7) is 0.627. The SMILES string of the molecule is NC(=O)c1ccc(NCC2(CC(=O)O)CCC2)cc1Br. The Hall–Kier alpha value is -1.56. The zero-order valence-electron chi connectivity index (χ0n) is 11.0. The lowest BCUT2D eigenvalue weighted by atomic mass is 9.66. The summed E-state index contributed by atoms with van der Waals surface area (Å²) in [6, 6.07) is 5.21. The van der Waals surface area contributed by atoms with Crippen molar-refractivity contribution in [1.29, 1.82) is 0 Å². The van der Waals surface area contributed by atoms with E-state index in [2.05, 4.69) is 21.2 Å². The number of aliphatic carboxylic acids is 1. The maximum absolute atomic E-state index is 11.1. The molecule has 0 aliphatic heterocycles. The van der Waals surface area contributed by atoms with E-state index in [0.29, 0.717) is 16.6 Å². The minimum Gasteiger partial charge on any atom is -0.481 e. The van der Waals surface area contributed by atoms with Crippen molar-refractivity contribution in [2.45, 2.75) is 25.7 Å². The molecule has 1 aliphatic rings. The molecule has 1 aromatic rings. The average molecular weight is 341 g/mol. The summed E-state index contributed by atoms with van der Waals surface area (Å²) >= 11 is 3.30. The predicted molar refractivity (Wildman–Crippen MR) is 79.7 cm³/mol. The fourth-order valence-corrected chi connectivity index (χ4v) is 3.10. The summed E-state index contributed by atoms with van der Waals surface area (Å²) in [7, 11) is 0. The van der Waals surface area contributed by atoms with Crippen LogP contribution >= 0.6 is 15.9 Å². The van der Waals surface area contributed by atoms with E-state index < -0.39 is 11.9 Å². The number of primary amides is 1. The van der Waals surface area contributed by atoms with E-state index in [4.69, 9.17) is 10.8 Å². The molecule has 20 heavy (non-hydrogen) atoms. The van der Waals surface area contributed by atoms with Gasteiger partial charge >= 0.3 is 5.97 Å². The van der Waals surface area contributed by atoms with Gasteiger partial charge in [0.15, 0.2) is 0 Å². The van der Waals surface area contributed by atoms with Gasteiger partial charge in [-0.05, 0) is 52.4 Å². The van der Waals surface area contributed by atoms with Gasteiger partial charge in [0.2, 0.25) is 5.91 Å². The lowest BCUT2D eigenvalue weighted by molar-refractivity contribution is -0.141. The lowest BCUT2D eigenvalue weighted by Gasteiger charge is -2.41. The van der Waals surface area contributed by atoms with Crippen LogP contribution in [0.4, 0.5) is 5.69 Å². The Morgan fingerprint density at radius 3 is 2.55 bits per heavy atom. The number of carbonyl (C=O) groups excluding carboxylic acids is 1. The van der Waals surface area contributed by atoms with Gasteiger partial charge in [-0.15, -0.1) is 0 Å². The molecule has 0 aromatic heterocycles. The first-order valence-electron chi connectivity index (χ1n) is 6.47. The molecule has 108 valence electrons. The van der Waals surface area contributed by atoms with Gasteiger partial charge in [0.1, 0.15) is 0 Å². The number of nitrogens with two attached hydrogens (primary N) is 1. The molecule has 2 rings (SSSR count). The summed E-state index contributed by atoms with van der Waals surface area (Å²) in [4.78, 5) is 22.0.